The first-order valence-electron chi connectivity index (χ1n) is 7.39. The normalized spacial score (nSPS) is 12.4. The quantitative estimate of drug-likeness (QED) is 0.387. The van der Waals surface area contributed by atoms with Crippen molar-refractivity contribution in [2.45, 2.75) is 78.6 Å². The molecular formula is C15H30O2. The predicted molar refractivity (Wildman–Crippen MR) is 73.0 cm³/mol. The van der Waals surface area contributed by atoms with E-state index in [-0.39, 0.29) is 11.9 Å². The Labute approximate surface area is 107 Å². The van der Waals surface area contributed by atoms with Crippen LogP contribution < -0.4 is 0 Å². The first-order chi connectivity index (χ1) is 8.22. The average Bonchev–Trinajstić information content (AvgIpc) is 2.34. The molecule has 0 rings (SSSR count). The zero-order chi connectivity index (χ0) is 12.9. The Kier molecular flexibility index (Phi) is 11.6. The third kappa shape index (κ3) is 10.3. The highest BCUT2D eigenvalue weighted by molar-refractivity contribution is 5.71. The van der Waals surface area contributed by atoms with E-state index in [1.807, 2.05) is 6.92 Å². The summed E-state index contributed by atoms with van der Waals surface area (Å²) < 4.78 is 5.27. The van der Waals surface area contributed by atoms with Crippen LogP contribution in [0.5, 0.6) is 0 Å². The van der Waals surface area contributed by atoms with E-state index in [0.717, 1.165) is 19.3 Å². The van der Waals surface area contributed by atoms with E-state index in [1.165, 1.54) is 38.5 Å². The first-order valence-corrected chi connectivity index (χ1v) is 7.39. The molecule has 1 atom stereocenters. The zero-order valence-electron chi connectivity index (χ0n) is 12.0. The van der Waals surface area contributed by atoms with Crippen LogP contribution in [0.4, 0.5) is 0 Å². The Morgan fingerprint density at radius 2 is 1.53 bits per heavy atom. The Morgan fingerprint density at radius 3 is 2.12 bits per heavy atom. The first kappa shape index (κ1) is 16.5. The molecule has 0 bridgehead atoms. The fourth-order valence-electron chi connectivity index (χ4n) is 1.84. The average molecular weight is 242 g/mol. The van der Waals surface area contributed by atoms with Gasteiger partial charge in [-0.05, 0) is 12.8 Å². The van der Waals surface area contributed by atoms with Gasteiger partial charge in [-0.15, -0.1) is 0 Å². The molecule has 102 valence electrons. The van der Waals surface area contributed by atoms with Gasteiger partial charge in [0.15, 0.2) is 0 Å². The number of esters is 1. The van der Waals surface area contributed by atoms with Gasteiger partial charge in [0.25, 0.3) is 0 Å². The van der Waals surface area contributed by atoms with Crippen LogP contribution in [-0.4, -0.2) is 12.6 Å². The Hall–Kier alpha value is -0.530. The van der Waals surface area contributed by atoms with Gasteiger partial charge >= 0.3 is 5.97 Å². The highest BCUT2D eigenvalue weighted by Crippen LogP contribution is 2.12. The van der Waals surface area contributed by atoms with E-state index in [2.05, 4.69) is 13.8 Å². The summed E-state index contributed by atoms with van der Waals surface area (Å²) in [7, 11) is 0. The molecular weight excluding hydrogens is 212 g/mol. The summed E-state index contributed by atoms with van der Waals surface area (Å²) in [6, 6.07) is 0. The number of carbonyl (C=O) groups excluding carboxylic acids is 1. The highest BCUT2D eigenvalue weighted by Gasteiger charge is 2.13. The lowest BCUT2D eigenvalue weighted by Gasteiger charge is -2.11. The monoisotopic (exact) mass is 242 g/mol. The molecule has 0 radical (unpaired) electrons. The number of hydrogen-bond acceptors (Lipinski definition) is 2. The van der Waals surface area contributed by atoms with Crippen LogP contribution in [0.2, 0.25) is 0 Å². The maximum atomic E-state index is 11.6. The summed E-state index contributed by atoms with van der Waals surface area (Å²) in [6.07, 6.45) is 10.6. The van der Waals surface area contributed by atoms with Crippen molar-refractivity contribution in [2.24, 2.45) is 5.92 Å². The molecule has 0 aliphatic rings. The van der Waals surface area contributed by atoms with Gasteiger partial charge in [-0.1, -0.05) is 65.7 Å². The summed E-state index contributed by atoms with van der Waals surface area (Å²) in [5.41, 5.74) is 0. The SMILES string of the molecule is CCCCCCOC(=O)C(C)CCCCCC. The molecule has 2 nitrogen and oxygen atoms in total. The number of rotatable bonds is 11. The van der Waals surface area contributed by atoms with Crippen LogP contribution in [0.3, 0.4) is 0 Å². The lowest BCUT2D eigenvalue weighted by Crippen LogP contribution is -2.15. The molecule has 17 heavy (non-hydrogen) atoms. The van der Waals surface area contributed by atoms with Crippen LogP contribution in [0, 0.1) is 5.92 Å². The third-order valence-electron chi connectivity index (χ3n) is 3.14. The molecule has 0 N–H and O–H groups in total. The smallest absolute Gasteiger partial charge is 0.308 e. The summed E-state index contributed by atoms with van der Waals surface area (Å²) >= 11 is 0. The number of hydrogen-bond donors (Lipinski definition) is 0. The van der Waals surface area contributed by atoms with Gasteiger partial charge in [-0.25, -0.2) is 0 Å². The van der Waals surface area contributed by atoms with E-state index in [0.29, 0.717) is 6.61 Å². The molecule has 0 fully saturated rings. The summed E-state index contributed by atoms with van der Waals surface area (Å²) in [4.78, 5) is 11.6. The van der Waals surface area contributed by atoms with E-state index in [1.54, 1.807) is 0 Å². The zero-order valence-corrected chi connectivity index (χ0v) is 12.0. The summed E-state index contributed by atoms with van der Waals surface area (Å²) in [5.74, 6) is 0.0797. The molecule has 0 amide bonds. The van der Waals surface area contributed by atoms with Gasteiger partial charge < -0.3 is 4.74 Å². The van der Waals surface area contributed by atoms with Gasteiger partial charge in [0.05, 0.1) is 12.5 Å². The predicted octanol–water partition coefficient (Wildman–Crippen LogP) is 4.72. The largest absolute Gasteiger partial charge is 0.465 e. The summed E-state index contributed by atoms with van der Waals surface area (Å²) in [6.45, 7) is 6.98. The fraction of sp³-hybridized carbons (Fsp3) is 0.933. The van der Waals surface area contributed by atoms with Crippen LogP contribution in [0.25, 0.3) is 0 Å². The van der Waals surface area contributed by atoms with Gasteiger partial charge in [0, 0.05) is 0 Å². The number of unbranched alkanes of at least 4 members (excludes halogenated alkanes) is 6. The summed E-state index contributed by atoms with van der Waals surface area (Å²) in [5, 5.41) is 0. The molecule has 0 heterocycles. The van der Waals surface area contributed by atoms with Crippen molar-refractivity contribution in [3.8, 4) is 0 Å². The van der Waals surface area contributed by atoms with E-state index < -0.39 is 0 Å². The molecule has 0 aliphatic heterocycles. The third-order valence-corrected chi connectivity index (χ3v) is 3.14. The number of ether oxygens (including phenoxy) is 1. The molecule has 0 aromatic carbocycles. The van der Waals surface area contributed by atoms with Gasteiger partial charge in [0.1, 0.15) is 0 Å². The minimum Gasteiger partial charge on any atom is -0.465 e. The minimum absolute atomic E-state index is 0.00185. The lowest BCUT2D eigenvalue weighted by atomic mass is 10.0. The Balaban J connectivity index is 3.40. The van der Waals surface area contributed by atoms with Crippen molar-refractivity contribution in [3.05, 3.63) is 0 Å². The van der Waals surface area contributed by atoms with E-state index >= 15 is 0 Å². The highest BCUT2D eigenvalue weighted by atomic mass is 16.5. The Morgan fingerprint density at radius 1 is 0.941 bits per heavy atom. The van der Waals surface area contributed by atoms with Gasteiger partial charge in [-0.2, -0.15) is 0 Å². The maximum Gasteiger partial charge on any atom is 0.308 e. The van der Waals surface area contributed by atoms with Crippen molar-refractivity contribution < 1.29 is 9.53 Å². The topological polar surface area (TPSA) is 26.3 Å². The standard InChI is InChI=1S/C15H30O2/c1-4-6-8-10-12-14(3)15(16)17-13-11-9-7-5-2/h14H,4-13H2,1-3H3. The van der Waals surface area contributed by atoms with Crippen molar-refractivity contribution in [1.29, 1.82) is 0 Å². The maximum absolute atomic E-state index is 11.6. The van der Waals surface area contributed by atoms with Crippen molar-refractivity contribution in [2.75, 3.05) is 6.61 Å². The molecule has 0 spiro atoms. The van der Waals surface area contributed by atoms with Gasteiger partial charge in [0.2, 0.25) is 0 Å². The van der Waals surface area contributed by atoms with Gasteiger partial charge in [-0.3, -0.25) is 4.79 Å². The van der Waals surface area contributed by atoms with Crippen molar-refractivity contribution in [1.82, 2.24) is 0 Å². The molecule has 0 saturated carbocycles. The minimum atomic E-state index is -0.00185. The van der Waals surface area contributed by atoms with Crippen LogP contribution in [0.15, 0.2) is 0 Å². The molecule has 1 unspecified atom stereocenters. The molecule has 0 aliphatic carbocycles. The second-order valence-corrected chi connectivity index (χ2v) is 4.98. The number of carbonyl (C=O) groups is 1. The second kappa shape index (κ2) is 11.9. The molecule has 0 saturated heterocycles. The molecule has 2 heteroatoms. The lowest BCUT2D eigenvalue weighted by molar-refractivity contribution is -0.148. The van der Waals surface area contributed by atoms with Crippen molar-refractivity contribution >= 4 is 5.97 Å². The van der Waals surface area contributed by atoms with Crippen LogP contribution >= 0.6 is 0 Å². The molecule has 0 aromatic rings. The van der Waals surface area contributed by atoms with Crippen molar-refractivity contribution in [3.63, 3.8) is 0 Å². The van der Waals surface area contributed by atoms with Crippen LogP contribution in [0.1, 0.15) is 78.6 Å². The Bertz CT molecular complexity index is 178. The second-order valence-electron chi connectivity index (χ2n) is 4.98. The van der Waals surface area contributed by atoms with Crippen LogP contribution in [-0.2, 0) is 9.53 Å². The molecule has 0 aromatic heterocycles. The van der Waals surface area contributed by atoms with E-state index in [4.69, 9.17) is 4.74 Å². The van der Waals surface area contributed by atoms with E-state index in [9.17, 15) is 4.79 Å². The fourth-order valence-corrected chi connectivity index (χ4v) is 1.84.